The van der Waals surface area contributed by atoms with Gasteiger partial charge in [-0.15, -0.1) is 0 Å². The van der Waals surface area contributed by atoms with Gasteiger partial charge < -0.3 is 14.2 Å². The predicted octanol–water partition coefficient (Wildman–Crippen LogP) is 3.33. The lowest BCUT2D eigenvalue weighted by Crippen LogP contribution is -2.12. The van der Waals surface area contributed by atoms with Gasteiger partial charge in [-0.05, 0) is 33.1 Å². The molecule has 0 amide bonds. The van der Waals surface area contributed by atoms with Gasteiger partial charge in [0.05, 0.1) is 25.9 Å². The van der Waals surface area contributed by atoms with E-state index in [0.29, 0.717) is 32.3 Å². The van der Waals surface area contributed by atoms with Crippen molar-refractivity contribution in [1.29, 1.82) is 0 Å². The van der Waals surface area contributed by atoms with Crippen molar-refractivity contribution >= 4 is 5.97 Å². The number of carbonyl (C=O) groups excluding carboxylic acids is 1. The Morgan fingerprint density at radius 1 is 1.00 bits per heavy atom. The molecule has 19 heavy (non-hydrogen) atoms. The maximum atomic E-state index is 11.1. The summed E-state index contributed by atoms with van der Waals surface area (Å²) >= 11 is 0. The highest BCUT2D eigenvalue weighted by atomic mass is 16.5. The summed E-state index contributed by atoms with van der Waals surface area (Å²) in [5.41, 5.74) is 0. The molecule has 0 aromatic carbocycles. The van der Waals surface area contributed by atoms with Crippen LogP contribution in [0.1, 0.15) is 59.3 Å². The van der Waals surface area contributed by atoms with Gasteiger partial charge in [0.1, 0.15) is 0 Å². The molecule has 0 heterocycles. The summed E-state index contributed by atoms with van der Waals surface area (Å²) in [5, 5.41) is 0. The molecule has 0 N–H and O–H groups in total. The van der Waals surface area contributed by atoms with Gasteiger partial charge in [-0.3, -0.25) is 4.79 Å². The fraction of sp³-hybridized carbons (Fsp3) is 0.933. The van der Waals surface area contributed by atoms with E-state index in [1.54, 1.807) is 0 Å². The zero-order valence-electron chi connectivity index (χ0n) is 12.8. The summed E-state index contributed by atoms with van der Waals surface area (Å²) < 4.78 is 15.9. The van der Waals surface area contributed by atoms with Crippen molar-refractivity contribution in [3.63, 3.8) is 0 Å². The van der Waals surface area contributed by atoms with Crippen LogP contribution in [0.5, 0.6) is 0 Å². The number of carbonyl (C=O) groups is 1. The molecule has 0 bridgehead atoms. The first-order valence-corrected chi connectivity index (χ1v) is 7.55. The van der Waals surface area contributed by atoms with E-state index in [2.05, 4.69) is 13.8 Å². The Balaban J connectivity index is 3.09. The smallest absolute Gasteiger partial charge is 0.305 e. The van der Waals surface area contributed by atoms with Gasteiger partial charge in [0.15, 0.2) is 0 Å². The fourth-order valence-corrected chi connectivity index (χ4v) is 1.59. The predicted molar refractivity (Wildman–Crippen MR) is 76.2 cm³/mol. The summed E-state index contributed by atoms with van der Waals surface area (Å²) in [7, 11) is 0. The van der Waals surface area contributed by atoms with E-state index in [1.165, 1.54) is 0 Å². The molecule has 4 heteroatoms. The van der Waals surface area contributed by atoms with E-state index in [1.807, 2.05) is 6.92 Å². The Morgan fingerprint density at radius 3 is 2.42 bits per heavy atom. The van der Waals surface area contributed by atoms with E-state index < -0.39 is 0 Å². The third-order valence-electron chi connectivity index (χ3n) is 2.93. The number of esters is 1. The Morgan fingerprint density at radius 2 is 1.74 bits per heavy atom. The molecule has 0 saturated carbocycles. The molecular formula is C15H30O4. The maximum absolute atomic E-state index is 11.1. The average molecular weight is 274 g/mol. The minimum absolute atomic E-state index is 0.0825. The van der Waals surface area contributed by atoms with Crippen molar-refractivity contribution in [1.82, 2.24) is 0 Å². The zero-order valence-corrected chi connectivity index (χ0v) is 12.8. The number of ether oxygens (including phenoxy) is 3. The van der Waals surface area contributed by atoms with Gasteiger partial charge in [-0.1, -0.05) is 19.8 Å². The highest BCUT2D eigenvalue weighted by Gasteiger charge is 2.00. The topological polar surface area (TPSA) is 44.8 Å². The molecule has 0 saturated heterocycles. The van der Waals surface area contributed by atoms with E-state index in [9.17, 15) is 4.79 Å². The molecule has 114 valence electrons. The molecule has 0 aromatic rings. The quantitative estimate of drug-likeness (QED) is 0.382. The van der Waals surface area contributed by atoms with Gasteiger partial charge in [-0.2, -0.15) is 0 Å². The molecule has 1 unspecified atom stereocenters. The molecule has 0 aliphatic heterocycles. The first-order chi connectivity index (χ1) is 9.20. The molecule has 0 fully saturated rings. The van der Waals surface area contributed by atoms with Crippen molar-refractivity contribution in [2.45, 2.75) is 65.4 Å². The first kappa shape index (κ1) is 18.4. The van der Waals surface area contributed by atoms with Crippen molar-refractivity contribution in [2.75, 3.05) is 26.4 Å². The molecule has 0 rings (SSSR count). The number of rotatable bonds is 13. The number of hydrogen-bond acceptors (Lipinski definition) is 4. The summed E-state index contributed by atoms with van der Waals surface area (Å²) in [6, 6.07) is 0. The van der Waals surface area contributed by atoms with Crippen LogP contribution in [-0.2, 0) is 19.0 Å². The lowest BCUT2D eigenvalue weighted by atomic mass is 10.1. The third-order valence-corrected chi connectivity index (χ3v) is 2.93. The van der Waals surface area contributed by atoms with Gasteiger partial charge in [-0.25, -0.2) is 0 Å². The minimum Gasteiger partial charge on any atom is -0.466 e. The molecule has 0 spiro atoms. The van der Waals surface area contributed by atoms with Crippen LogP contribution >= 0.6 is 0 Å². The molecule has 0 radical (unpaired) electrons. The number of hydrogen-bond donors (Lipinski definition) is 0. The minimum atomic E-state index is -0.0825. The van der Waals surface area contributed by atoms with Crippen LogP contribution in [0.4, 0.5) is 0 Å². The standard InChI is InChI=1S/C15H30O4/c1-4-14(3)19-13-12-17-11-9-7-6-8-10-15(16)18-5-2/h14H,4-13H2,1-3H3. The lowest BCUT2D eigenvalue weighted by Gasteiger charge is -2.10. The van der Waals surface area contributed by atoms with Gasteiger partial charge in [0.25, 0.3) is 0 Å². The van der Waals surface area contributed by atoms with Crippen LogP contribution in [0.25, 0.3) is 0 Å². The van der Waals surface area contributed by atoms with Gasteiger partial charge in [0.2, 0.25) is 0 Å². The van der Waals surface area contributed by atoms with Crippen LogP contribution in [0, 0.1) is 0 Å². The Bertz CT molecular complexity index is 206. The van der Waals surface area contributed by atoms with Crippen molar-refractivity contribution in [3.05, 3.63) is 0 Å². The SMILES string of the molecule is CCOC(=O)CCCCCCOCCOC(C)CC. The summed E-state index contributed by atoms with van der Waals surface area (Å²) in [4.78, 5) is 11.1. The van der Waals surface area contributed by atoms with Crippen LogP contribution in [0.2, 0.25) is 0 Å². The highest BCUT2D eigenvalue weighted by Crippen LogP contribution is 2.04. The van der Waals surface area contributed by atoms with Crippen LogP contribution in [0.15, 0.2) is 0 Å². The Labute approximate surface area is 117 Å². The van der Waals surface area contributed by atoms with Gasteiger partial charge >= 0.3 is 5.97 Å². The second-order valence-corrected chi connectivity index (χ2v) is 4.67. The van der Waals surface area contributed by atoms with E-state index in [-0.39, 0.29) is 5.97 Å². The normalized spacial score (nSPS) is 12.4. The number of unbranched alkanes of at least 4 members (excludes halogenated alkanes) is 3. The van der Waals surface area contributed by atoms with E-state index in [0.717, 1.165) is 38.7 Å². The summed E-state index contributed by atoms with van der Waals surface area (Å²) in [6.07, 6.45) is 6.03. The molecule has 4 nitrogen and oxygen atoms in total. The maximum Gasteiger partial charge on any atom is 0.305 e. The van der Waals surface area contributed by atoms with E-state index in [4.69, 9.17) is 14.2 Å². The lowest BCUT2D eigenvalue weighted by molar-refractivity contribution is -0.143. The van der Waals surface area contributed by atoms with Crippen LogP contribution in [-0.4, -0.2) is 38.5 Å². The van der Waals surface area contributed by atoms with Crippen molar-refractivity contribution in [3.8, 4) is 0 Å². The van der Waals surface area contributed by atoms with E-state index >= 15 is 0 Å². The molecule has 1 atom stereocenters. The molecular weight excluding hydrogens is 244 g/mol. The summed E-state index contributed by atoms with van der Waals surface area (Å²) in [5.74, 6) is -0.0825. The first-order valence-electron chi connectivity index (χ1n) is 7.55. The Hall–Kier alpha value is -0.610. The highest BCUT2D eigenvalue weighted by molar-refractivity contribution is 5.69. The molecule has 0 aromatic heterocycles. The van der Waals surface area contributed by atoms with Crippen LogP contribution in [0.3, 0.4) is 0 Å². The second-order valence-electron chi connectivity index (χ2n) is 4.67. The van der Waals surface area contributed by atoms with Crippen molar-refractivity contribution in [2.24, 2.45) is 0 Å². The average Bonchev–Trinajstić information content (AvgIpc) is 2.40. The monoisotopic (exact) mass is 274 g/mol. The molecule has 0 aliphatic carbocycles. The second kappa shape index (κ2) is 13.8. The summed E-state index contributed by atoms with van der Waals surface area (Å²) in [6.45, 7) is 8.63. The fourth-order valence-electron chi connectivity index (χ4n) is 1.59. The largest absolute Gasteiger partial charge is 0.466 e. The Kier molecular flexibility index (Phi) is 13.4. The van der Waals surface area contributed by atoms with Gasteiger partial charge in [0, 0.05) is 13.0 Å². The third kappa shape index (κ3) is 13.6. The zero-order chi connectivity index (χ0) is 14.3. The molecule has 0 aliphatic rings. The van der Waals surface area contributed by atoms with Crippen LogP contribution < -0.4 is 0 Å². The van der Waals surface area contributed by atoms with Crippen molar-refractivity contribution < 1.29 is 19.0 Å².